The molecule has 0 saturated carbocycles. The van der Waals surface area contributed by atoms with Crippen molar-refractivity contribution in [1.82, 2.24) is 5.32 Å². The van der Waals surface area contributed by atoms with Crippen LogP contribution in [-0.2, 0) is 0 Å². The Morgan fingerprint density at radius 3 is 2.92 bits per heavy atom. The monoisotopic (exact) mass is 176 g/mol. The largest absolute Gasteiger partial charge is 0.370 e. The molecule has 1 aromatic rings. The fraction of sp³-hybridized carbons (Fsp3) is 0.455. The highest BCUT2D eigenvalue weighted by molar-refractivity contribution is 5.50. The molecule has 0 amide bonds. The van der Waals surface area contributed by atoms with Crippen LogP contribution in [0.2, 0.25) is 0 Å². The van der Waals surface area contributed by atoms with Gasteiger partial charge in [-0.2, -0.15) is 0 Å². The fourth-order valence-corrected chi connectivity index (χ4v) is 1.73. The van der Waals surface area contributed by atoms with Crippen molar-refractivity contribution in [1.29, 1.82) is 0 Å². The maximum absolute atomic E-state index is 3.50. The van der Waals surface area contributed by atoms with Crippen LogP contribution in [0.3, 0.4) is 0 Å². The molecule has 1 fully saturated rings. The summed E-state index contributed by atoms with van der Waals surface area (Å²) in [7, 11) is 0. The van der Waals surface area contributed by atoms with E-state index in [1.54, 1.807) is 0 Å². The number of rotatable bonds is 2. The predicted molar refractivity (Wildman–Crippen MR) is 55.8 cm³/mol. The molecule has 2 heteroatoms. The molecule has 0 aromatic heterocycles. The molecule has 2 N–H and O–H groups in total. The molecule has 2 nitrogen and oxygen atoms in total. The third kappa shape index (κ3) is 2.01. The third-order valence-corrected chi connectivity index (χ3v) is 2.54. The molecule has 1 aliphatic heterocycles. The van der Waals surface area contributed by atoms with Crippen molar-refractivity contribution in [2.45, 2.75) is 25.9 Å². The summed E-state index contributed by atoms with van der Waals surface area (Å²) in [6.07, 6.45) is 2.99. The lowest BCUT2D eigenvalue weighted by Gasteiger charge is -2.15. The van der Waals surface area contributed by atoms with Crippen LogP contribution in [0, 0.1) is 6.92 Å². The third-order valence-electron chi connectivity index (χ3n) is 2.54. The number of nitrogens with one attached hydrogen (secondary N) is 2. The van der Waals surface area contributed by atoms with E-state index in [1.807, 2.05) is 0 Å². The summed E-state index contributed by atoms with van der Waals surface area (Å²) in [5.41, 5.74) is 2.57. The minimum Gasteiger partial charge on any atom is -0.370 e. The summed E-state index contributed by atoms with van der Waals surface area (Å²) in [5, 5.41) is 6.92. The molecule has 13 heavy (non-hydrogen) atoms. The van der Waals surface area contributed by atoms with Crippen molar-refractivity contribution >= 4 is 5.69 Å². The zero-order valence-corrected chi connectivity index (χ0v) is 8.01. The van der Waals surface area contributed by atoms with Crippen molar-refractivity contribution in [3.8, 4) is 0 Å². The van der Waals surface area contributed by atoms with Crippen molar-refractivity contribution in [3.05, 3.63) is 29.8 Å². The summed E-state index contributed by atoms with van der Waals surface area (Å²) < 4.78 is 0. The molecule has 0 bridgehead atoms. The molecule has 1 aliphatic rings. The summed E-state index contributed by atoms with van der Waals surface area (Å²) in [6, 6.07) is 8.42. The van der Waals surface area contributed by atoms with Crippen molar-refractivity contribution in [2.75, 3.05) is 11.9 Å². The van der Waals surface area contributed by atoms with Gasteiger partial charge >= 0.3 is 0 Å². The Morgan fingerprint density at radius 2 is 2.23 bits per heavy atom. The Morgan fingerprint density at radius 1 is 1.38 bits per heavy atom. The minimum atomic E-state index is 0.473. The Balaban J connectivity index is 2.04. The minimum absolute atomic E-state index is 0.473. The van der Waals surface area contributed by atoms with E-state index in [-0.39, 0.29) is 0 Å². The van der Waals surface area contributed by atoms with E-state index in [0.717, 1.165) is 6.54 Å². The van der Waals surface area contributed by atoms with Crippen LogP contribution >= 0.6 is 0 Å². The van der Waals surface area contributed by atoms with E-state index in [2.05, 4.69) is 41.8 Å². The first-order valence-corrected chi connectivity index (χ1v) is 4.92. The molecule has 0 radical (unpaired) electrons. The molecule has 1 unspecified atom stereocenters. The molecule has 0 spiro atoms. The van der Waals surface area contributed by atoms with Crippen molar-refractivity contribution < 1.29 is 0 Å². The lowest BCUT2D eigenvalue weighted by molar-refractivity contribution is 0.678. The van der Waals surface area contributed by atoms with Gasteiger partial charge in [0.25, 0.3) is 0 Å². The average Bonchev–Trinajstić information content (AvgIpc) is 2.61. The topological polar surface area (TPSA) is 24.1 Å². The standard InChI is InChI=1S/C11H16N2/c1-9-5-2-3-6-10(9)13-11-7-4-8-12-11/h2-3,5-6,11-13H,4,7-8H2,1H3. The number of aryl methyl sites for hydroxylation is 1. The zero-order valence-electron chi connectivity index (χ0n) is 8.01. The first kappa shape index (κ1) is 8.57. The van der Waals surface area contributed by atoms with Gasteiger partial charge in [-0.1, -0.05) is 18.2 Å². The quantitative estimate of drug-likeness (QED) is 0.721. The molecular formula is C11H16N2. The second-order valence-corrected chi connectivity index (χ2v) is 3.61. The number of anilines is 1. The van der Waals surface area contributed by atoms with E-state index < -0.39 is 0 Å². The zero-order chi connectivity index (χ0) is 9.10. The second-order valence-electron chi connectivity index (χ2n) is 3.61. The van der Waals surface area contributed by atoms with Gasteiger partial charge in [0.05, 0.1) is 6.17 Å². The Kier molecular flexibility index (Phi) is 2.50. The molecule has 1 aromatic carbocycles. The van der Waals surface area contributed by atoms with Gasteiger partial charge < -0.3 is 5.32 Å². The maximum atomic E-state index is 3.50. The highest BCUT2D eigenvalue weighted by atomic mass is 15.1. The average molecular weight is 176 g/mol. The Bertz CT molecular complexity index is 277. The lowest BCUT2D eigenvalue weighted by atomic mass is 10.2. The molecule has 0 aliphatic carbocycles. The fourth-order valence-electron chi connectivity index (χ4n) is 1.73. The van der Waals surface area contributed by atoms with Gasteiger partial charge in [0.15, 0.2) is 0 Å². The first-order valence-electron chi connectivity index (χ1n) is 4.92. The molecular weight excluding hydrogens is 160 g/mol. The van der Waals surface area contributed by atoms with Gasteiger partial charge in [-0.05, 0) is 37.9 Å². The summed E-state index contributed by atoms with van der Waals surface area (Å²) in [4.78, 5) is 0. The molecule has 1 atom stereocenters. The van der Waals surface area contributed by atoms with Crippen LogP contribution in [0.1, 0.15) is 18.4 Å². The normalized spacial score (nSPS) is 21.8. The highest BCUT2D eigenvalue weighted by Crippen LogP contribution is 2.16. The molecule has 2 rings (SSSR count). The highest BCUT2D eigenvalue weighted by Gasteiger charge is 2.13. The van der Waals surface area contributed by atoms with E-state index in [9.17, 15) is 0 Å². The van der Waals surface area contributed by atoms with Gasteiger partial charge in [0, 0.05) is 5.69 Å². The van der Waals surface area contributed by atoms with Gasteiger partial charge in [-0.3, -0.25) is 5.32 Å². The summed E-state index contributed by atoms with van der Waals surface area (Å²) >= 11 is 0. The maximum Gasteiger partial charge on any atom is 0.0768 e. The van der Waals surface area contributed by atoms with E-state index in [1.165, 1.54) is 24.1 Å². The number of benzene rings is 1. The van der Waals surface area contributed by atoms with Crippen LogP contribution in [0.4, 0.5) is 5.69 Å². The van der Waals surface area contributed by atoms with Crippen LogP contribution in [0.15, 0.2) is 24.3 Å². The lowest BCUT2D eigenvalue weighted by Crippen LogP contribution is -2.29. The van der Waals surface area contributed by atoms with E-state index in [0.29, 0.717) is 6.17 Å². The van der Waals surface area contributed by atoms with Gasteiger partial charge in [0.2, 0.25) is 0 Å². The summed E-state index contributed by atoms with van der Waals surface area (Å²) in [6.45, 7) is 3.28. The SMILES string of the molecule is Cc1ccccc1NC1CCCN1. The van der Waals surface area contributed by atoms with E-state index >= 15 is 0 Å². The second kappa shape index (κ2) is 3.79. The number of hydrogen-bond donors (Lipinski definition) is 2. The summed E-state index contributed by atoms with van der Waals surface area (Å²) in [5.74, 6) is 0. The van der Waals surface area contributed by atoms with Crippen LogP contribution in [0.25, 0.3) is 0 Å². The molecule has 70 valence electrons. The van der Waals surface area contributed by atoms with Crippen LogP contribution < -0.4 is 10.6 Å². The number of para-hydroxylation sites is 1. The van der Waals surface area contributed by atoms with Gasteiger partial charge in [-0.15, -0.1) is 0 Å². The first-order chi connectivity index (χ1) is 6.36. The van der Waals surface area contributed by atoms with E-state index in [4.69, 9.17) is 0 Å². The van der Waals surface area contributed by atoms with Gasteiger partial charge in [-0.25, -0.2) is 0 Å². The number of hydrogen-bond acceptors (Lipinski definition) is 2. The molecule has 1 heterocycles. The van der Waals surface area contributed by atoms with Gasteiger partial charge in [0.1, 0.15) is 0 Å². The molecule has 1 saturated heterocycles. The Labute approximate surface area is 79.4 Å². The Hall–Kier alpha value is -1.02. The van der Waals surface area contributed by atoms with Crippen LogP contribution in [0.5, 0.6) is 0 Å². The smallest absolute Gasteiger partial charge is 0.0768 e. The predicted octanol–water partition coefficient (Wildman–Crippen LogP) is 2.12. The van der Waals surface area contributed by atoms with Crippen molar-refractivity contribution in [3.63, 3.8) is 0 Å². The van der Waals surface area contributed by atoms with Crippen LogP contribution in [-0.4, -0.2) is 12.7 Å². The van der Waals surface area contributed by atoms with Crippen molar-refractivity contribution in [2.24, 2.45) is 0 Å².